The summed E-state index contributed by atoms with van der Waals surface area (Å²) in [7, 11) is 0. The molecule has 4 nitrogen and oxygen atoms in total. The summed E-state index contributed by atoms with van der Waals surface area (Å²) in [6, 6.07) is 11.1. The molecule has 0 unspecified atom stereocenters. The van der Waals surface area contributed by atoms with Crippen LogP contribution in [0.25, 0.3) is 0 Å². The molecule has 24 heavy (non-hydrogen) atoms. The van der Waals surface area contributed by atoms with Gasteiger partial charge < -0.3 is 19.9 Å². The highest BCUT2D eigenvalue weighted by atomic mass is 35.5. The summed E-state index contributed by atoms with van der Waals surface area (Å²) in [5.41, 5.74) is 1.78. The highest BCUT2D eigenvalue weighted by Gasteiger charge is 2.12. The van der Waals surface area contributed by atoms with Crippen LogP contribution in [0.4, 0.5) is 0 Å². The molecule has 0 fully saturated rings. The number of rotatable bonds is 9. The molecule has 0 aliphatic rings. The number of aliphatic hydroxyl groups is 1. The lowest BCUT2D eigenvalue weighted by molar-refractivity contribution is 0.269. The summed E-state index contributed by atoms with van der Waals surface area (Å²) in [6.07, 6.45) is 0. The lowest BCUT2D eigenvalue weighted by Crippen LogP contribution is -2.17. The molecule has 0 amide bonds. The van der Waals surface area contributed by atoms with Gasteiger partial charge >= 0.3 is 0 Å². The summed E-state index contributed by atoms with van der Waals surface area (Å²) in [5, 5.41) is 13.2. The zero-order valence-electron chi connectivity index (χ0n) is 13.5. The molecule has 0 bridgehead atoms. The van der Waals surface area contributed by atoms with E-state index >= 15 is 0 Å². The summed E-state index contributed by atoms with van der Waals surface area (Å²) in [4.78, 5) is 0. The minimum absolute atomic E-state index is 0.0783. The van der Waals surface area contributed by atoms with E-state index in [1.165, 1.54) is 0 Å². The Kier molecular flexibility index (Phi) is 7.66. The van der Waals surface area contributed by atoms with Crippen LogP contribution in [0.1, 0.15) is 18.1 Å². The van der Waals surface area contributed by atoms with Crippen LogP contribution in [0, 0.1) is 0 Å². The van der Waals surface area contributed by atoms with Crippen molar-refractivity contribution in [3.05, 3.63) is 57.6 Å². The smallest absolute Gasteiger partial charge is 0.163 e. The molecule has 0 spiro atoms. The Balaban J connectivity index is 2.15. The Labute approximate surface area is 152 Å². The first-order chi connectivity index (χ1) is 11.7. The molecule has 130 valence electrons. The van der Waals surface area contributed by atoms with Gasteiger partial charge in [-0.3, -0.25) is 0 Å². The predicted octanol–water partition coefficient (Wildman–Crippen LogP) is 4.05. The van der Waals surface area contributed by atoms with Crippen LogP contribution in [-0.4, -0.2) is 24.9 Å². The lowest BCUT2D eigenvalue weighted by atomic mass is 10.2. The third-order valence-corrected chi connectivity index (χ3v) is 4.08. The number of halogens is 2. The minimum atomic E-state index is 0.0783. The molecular formula is C18H21Cl2NO3. The fraction of sp³-hybridized carbons (Fsp3) is 0.333. The normalized spacial score (nSPS) is 10.7. The maximum Gasteiger partial charge on any atom is 0.163 e. The van der Waals surface area contributed by atoms with Gasteiger partial charge in [0.1, 0.15) is 6.61 Å². The number of ether oxygens (including phenoxy) is 2. The molecule has 0 saturated heterocycles. The monoisotopic (exact) mass is 369 g/mol. The fourth-order valence-electron chi connectivity index (χ4n) is 2.17. The second kappa shape index (κ2) is 9.74. The van der Waals surface area contributed by atoms with Gasteiger partial charge in [-0.1, -0.05) is 41.4 Å². The zero-order chi connectivity index (χ0) is 17.4. The number of aliphatic hydroxyl groups excluding tert-OH is 1. The van der Waals surface area contributed by atoms with Crippen molar-refractivity contribution in [1.29, 1.82) is 0 Å². The molecule has 6 heteroatoms. The van der Waals surface area contributed by atoms with Crippen LogP contribution in [0.15, 0.2) is 36.4 Å². The van der Waals surface area contributed by atoms with Crippen molar-refractivity contribution in [3.63, 3.8) is 0 Å². The Morgan fingerprint density at radius 2 is 1.75 bits per heavy atom. The average molecular weight is 370 g/mol. The second-order valence-electron chi connectivity index (χ2n) is 5.10. The van der Waals surface area contributed by atoms with E-state index in [2.05, 4.69) is 5.32 Å². The Hall–Kier alpha value is -1.46. The van der Waals surface area contributed by atoms with Crippen LogP contribution in [0.3, 0.4) is 0 Å². The van der Waals surface area contributed by atoms with Crippen molar-refractivity contribution < 1.29 is 14.6 Å². The van der Waals surface area contributed by atoms with E-state index in [9.17, 15) is 0 Å². The minimum Gasteiger partial charge on any atom is -0.490 e. The van der Waals surface area contributed by atoms with Crippen LogP contribution >= 0.6 is 23.2 Å². The summed E-state index contributed by atoms with van der Waals surface area (Å²) < 4.78 is 11.5. The van der Waals surface area contributed by atoms with Gasteiger partial charge in [-0.15, -0.1) is 0 Å². The van der Waals surface area contributed by atoms with Gasteiger partial charge in [-0.05, 0) is 24.6 Å². The van der Waals surface area contributed by atoms with Gasteiger partial charge in [-0.25, -0.2) is 0 Å². The quantitative estimate of drug-likeness (QED) is 0.654. The zero-order valence-corrected chi connectivity index (χ0v) is 15.0. The van der Waals surface area contributed by atoms with Gasteiger partial charge in [-0.2, -0.15) is 0 Å². The Morgan fingerprint density at radius 3 is 2.46 bits per heavy atom. The summed E-state index contributed by atoms with van der Waals surface area (Å²) >= 11 is 12.5. The molecule has 0 atom stereocenters. The number of benzene rings is 2. The fourth-order valence-corrected chi connectivity index (χ4v) is 2.58. The van der Waals surface area contributed by atoms with Crippen LogP contribution in [0.5, 0.6) is 11.5 Å². The largest absolute Gasteiger partial charge is 0.490 e. The standard InChI is InChI=1S/C18H21Cl2NO3/c1-2-23-17-9-14(11-21-7-8-22)16(20)10-18(17)24-12-13-5-3-4-6-15(13)19/h3-6,9-10,21-22H,2,7-8,11-12H2,1H3. The molecule has 0 aliphatic carbocycles. The number of hydrogen-bond acceptors (Lipinski definition) is 4. The van der Waals surface area contributed by atoms with E-state index in [0.29, 0.717) is 47.8 Å². The molecule has 2 rings (SSSR count). The number of hydrogen-bond donors (Lipinski definition) is 2. The van der Waals surface area contributed by atoms with Crippen LogP contribution in [-0.2, 0) is 13.2 Å². The van der Waals surface area contributed by atoms with E-state index in [1.807, 2.05) is 37.3 Å². The van der Waals surface area contributed by atoms with E-state index in [4.69, 9.17) is 37.8 Å². The second-order valence-corrected chi connectivity index (χ2v) is 5.92. The first kappa shape index (κ1) is 18.9. The topological polar surface area (TPSA) is 50.7 Å². The molecule has 2 aromatic carbocycles. The predicted molar refractivity (Wildman–Crippen MR) is 97.2 cm³/mol. The van der Waals surface area contributed by atoms with E-state index < -0.39 is 0 Å². The third kappa shape index (κ3) is 5.28. The Morgan fingerprint density at radius 1 is 1.00 bits per heavy atom. The molecule has 0 radical (unpaired) electrons. The first-order valence-corrected chi connectivity index (χ1v) is 8.54. The van der Waals surface area contributed by atoms with Crippen molar-refractivity contribution in [2.24, 2.45) is 0 Å². The SMILES string of the molecule is CCOc1cc(CNCCO)c(Cl)cc1OCc1ccccc1Cl. The molecule has 2 aromatic rings. The van der Waals surface area contributed by atoms with E-state index in [-0.39, 0.29) is 6.61 Å². The third-order valence-electron chi connectivity index (χ3n) is 3.36. The maximum atomic E-state index is 8.85. The van der Waals surface area contributed by atoms with Gasteiger partial charge in [0.25, 0.3) is 0 Å². The van der Waals surface area contributed by atoms with Crippen molar-refractivity contribution in [2.45, 2.75) is 20.1 Å². The molecular weight excluding hydrogens is 349 g/mol. The molecule has 2 N–H and O–H groups in total. The van der Waals surface area contributed by atoms with Gasteiger partial charge in [0.2, 0.25) is 0 Å². The highest BCUT2D eigenvalue weighted by molar-refractivity contribution is 6.31. The maximum absolute atomic E-state index is 8.85. The Bertz CT molecular complexity index is 665. The molecule has 0 saturated carbocycles. The van der Waals surface area contributed by atoms with Gasteiger partial charge in [0.05, 0.1) is 13.2 Å². The summed E-state index contributed by atoms with van der Waals surface area (Å²) in [6.45, 7) is 3.90. The van der Waals surface area contributed by atoms with E-state index in [0.717, 1.165) is 11.1 Å². The highest BCUT2D eigenvalue weighted by Crippen LogP contribution is 2.34. The van der Waals surface area contributed by atoms with Gasteiger partial charge in [0, 0.05) is 34.8 Å². The number of nitrogens with one attached hydrogen (secondary N) is 1. The molecule has 0 aliphatic heterocycles. The summed E-state index contributed by atoms with van der Waals surface area (Å²) in [5.74, 6) is 1.21. The van der Waals surface area contributed by atoms with Crippen molar-refractivity contribution in [2.75, 3.05) is 19.8 Å². The van der Waals surface area contributed by atoms with Crippen LogP contribution < -0.4 is 14.8 Å². The van der Waals surface area contributed by atoms with Crippen LogP contribution in [0.2, 0.25) is 10.0 Å². The molecule has 0 aromatic heterocycles. The van der Waals surface area contributed by atoms with Crippen molar-refractivity contribution in [3.8, 4) is 11.5 Å². The first-order valence-electron chi connectivity index (χ1n) is 7.78. The molecule has 0 heterocycles. The van der Waals surface area contributed by atoms with E-state index in [1.54, 1.807) is 6.07 Å². The van der Waals surface area contributed by atoms with Crippen molar-refractivity contribution >= 4 is 23.2 Å². The lowest BCUT2D eigenvalue weighted by Gasteiger charge is -2.15. The van der Waals surface area contributed by atoms with Crippen molar-refractivity contribution in [1.82, 2.24) is 5.32 Å². The average Bonchev–Trinajstić information content (AvgIpc) is 2.57. The van der Waals surface area contributed by atoms with Gasteiger partial charge in [0.15, 0.2) is 11.5 Å².